The van der Waals surface area contributed by atoms with E-state index < -0.39 is 0 Å². The van der Waals surface area contributed by atoms with Crippen molar-refractivity contribution in [1.82, 2.24) is 10.2 Å². The molecule has 4 rings (SSSR count). The van der Waals surface area contributed by atoms with E-state index in [4.69, 9.17) is 0 Å². The minimum absolute atomic E-state index is 0.00740. The average molecular weight is 406 g/mol. The minimum atomic E-state index is -0.360. The smallest absolute Gasteiger partial charge is 0.254 e. The topological polar surface area (TPSA) is 52.7 Å². The number of amides is 2. The molecule has 158 valence electrons. The largest absolute Gasteiger partial charge is 0.371 e. The second kappa shape index (κ2) is 9.33. The third-order valence-corrected chi connectivity index (χ3v) is 6.30. The van der Waals surface area contributed by atoms with E-state index >= 15 is 0 Å². The number of benzene rings is 2. The summed E-state index contributed by atoms with van der Waals surface area (Å²) in [5.74, 6) is -0.0299. The van der Waals surface area contributed by atoms with Crippen LogP contribution in [0, 0.1) is 6.92 Å². The van der Waals surface area contributed by atoms with Crippen molar-refractivity contribution in [3.63, 3.8) is 0 Å². The van der Waals surface area contributed by atoms with E-state index in [9.17, 15) is 9.59 Å². The number of anilines is 1. The van der Waals surface area contributed by atoms with Crippen molar-refractivity contribution in [3.8, 4) is 0 Å². The maximum atomic E-state index is 13.1. The first-order chi connectivity index (χ1) is 14.6. The molecule has 1 N–H and O–H groups in total. The van der Waals surface area contributed by atoms with Gasteiger partial charge < -0.3 is 15.1 Å². The van der Waals surface area contributed by atoms with Crippen LogP contribution in [0.3, 0.4) is 0 Å². The van der Waals surface area contributed by atoms with Crippen LogP contribution >= 0.6 is 0 Å². The number of nitrogens with one attached hydrogen (secondary N) is 1. The summed E-state index contributed by atoms with van der Waals surface area (Å²) in [5, 5.41) is 3.25. The molecule has 2 fully saturated rings. The number of rotatable bonds is 4. The number of aryl methyl sites for hydroxylation is 1. The maximum absolute atomic E-state index is 13.1. The zero-order valence-corrected chi connectivity index (χ0v) is 17.7. The molecule has 0 unspecified atom stereocenters. The number of carbonyl (C=O) groups is 2. The first-order valence-corrected chi connectivity index (χ1v) is 11.1. The lowest BCUT2D eigenvalue weighted by Crippen LogP contribution is -2.55. The van der Waals surface area contributed by atoms with Gasteiger partial charge in [-0.1, -0.05) is 30.3 Å². The number of hydrogen-bond acceptors (Lipinski definition) is 3. The van der Waals surface area contributed by atoms with Gasteiger partial charge in [-0.25, -0.2) is 0 Å². The average Bonchev–Trinajstić information content (AvgIpc) is 2.79. The zero-order valence-electron chi connectivity index (χ0n) is 17.7. The molecule has 30 heavy (non-hydrogen) atoms. The van der Waals surface area contributed by atoms with Gasteiger partial charge in [-0.2, -0.15) is 0 Å². The van der Waals surface area contributed by atoms with Crippen LogP contribution in [0.15, 0.2) is 54.6 Å². The molecule has 2 aromatic carbocycles. The molecule has 2 heterocycles. The summed E-state index contributed by atoms with van der Waals surface area (Å²) in [5.41, 5.74) is 3.18. The highest BCUT2D eigenvalue weighted by atomic mass is 16.2. The van der Waals surface area contributed by atoms with Gasteiger partial charge in [0, 0.05) is 36.9 Å². The van der Waals surface area contributed by atoms with Crippen LogP contribution in [0.1, 0.15) is 48.0 Å². The molecule has 0 aliphatic carbocycles. The molecule has 0 saturated carbocycles. The Bertz CT molecular complexity index is 875. The number of carbonyl (C=O) groups excluding carboxylic acids is 2. The van der Waals surface area contributed by atoms with Gasteiger partial charge in [-0.15, -0.1) is 0 Å². The Labute approximate surface area is 179 Å². The Morgan fingerprint density at radius 2 is 1.67 bits per heavy atom. The molecule has 0 aromatic heterocycles. The molecular weight excluding hydrogens is 374 g/mol. The predicted molar refractivity (Wildman–Crippen MR) is 120 cm³/mol. The van der Waals surface area contributed by atoms with Gasteiger partial charge in [0.25, 0.3) is 5.91 Å². The third kappa shape index (κ3) is 4.66. The van der Waals surface area contributed by atoms with E-state index in [0.29, 0.717) is 12.1 Å². The summed E-state index contributed by atoms with van der Waals surface area (Å²) >= 11 is 0. The van der Waals surface area contributed by atoms with Gasteiger partial charge in [0.15, 0.2) is 0 Å². The van der Waals surface area contributed by atoms with Crippen molar-refractivity contribution in [2.24, 2.45) is 0 Å². The fourth-order valence-electron chi connectivity index (χ4n) is 4.60. The summed E-state index contributed by atoms with van der Waals surface area (Å²) in [6.45, 7) is 4.64. The van der Waals surface area contributed by atoms with Crippen LogP contribution in [0.25, 0.3) is 0 Å². The van der Waals surface area contributed by atoms with E-state index in [-0.39, 0.29) is 23.9 Å². The lowest BCUT2D eigenvalue weighted by atomic mass is 9.98. The Hall–Kier alpha value is -2.82. The normalized spacial score (nSPS) is 20.1. The number of hydrogen-bond donors (Lipinski definition) is 1. The molecule has 0 bridgehead atoms. The Kier molecular flexibility index (Phi) is 6.36. The van der Waals surface area contributed by atoms with E-state index in [1.54, 1.807) is 4.90 Å². The quantitative estimate of drug-likeness (QED) is 0.842. The highest BCUT2D eigenvalue weighted by Gasteiger charge is 2.34. The van der Waals surface area contributed by atoms with Gasteiger partial charge in [0.05, 0.1) is 0 Å². The summed E-state index contributed by atoms with van der Waals surface area (Å²) in [6.07, 6.45) is 4.55. The van der Waals surface area contributed by atoms with Gasteiger partial charge >= 0.3 is 0 Å². The molecule has 2 aliphatic heterocycles. The molecule has 5 nitrogen and oxygen atoms in total. The van der Waals surface area contributed by atoms with Gasteiger partial charge in [-0.05, 0) is 68.9 Å². The van der Waals surface area contributed by atoms with Gasteiger partial charge in [0.2, 0.25) is 5.91 Å². The summed E-state index contributed by atoms with van der Waals surface area (Å²) < 4.78 is 0. The van der Waals surface area contributed by atoms with Gasteiger partial charge in [0.1, 0.15) is 6.04 Å². The van der Waals surface area contributed by atoms with Crippen molar-refractivity contribution >= 4 is 17.5 Å². The molecular formula is C25H31N3O2. The molecule has 0 radical (unpaired) electrons. The molecule has 2 amide bonds. The van der Waals surface area contributed by atoms with Crippen molar-refractivity contribution < 1.29 is 9.59 Å². The first kappa shape index (κ1) is 20.5. The second-order valence-electron chi connectivity index (χ2n) is 8.49. The van der Waals surface area contributed by atoms with E-state index in [0.717, 1.165) is 45.2 Å². The van der Waals surface area contributed by atoms with E-state index in [1.165, 1.54) is 11.3 Å². The first-order valence-electron chi connectivity index (χ1n) is 11.1. The van der Waals surface area contributed by atoms with Crippen LogP contribution in [-0.2, 0) is 4.79 Å². The van der Waals surface area contributed by atoms with Crippen LogP contribution in [0.5, 0.6) is 0 Å². The monoisotopic (exact) mass is 405 g/mol. The standard InChI is InChI=1S/C25H31N3O2/c1-19-8-7-11-22(18-19)27-16-13-21(14-17-27)26-24(29)23-12-5-6-15-28(23)25(30)20-9-3-2-4-10-20/h2-4,7-11,18,21,23H,5-6,12-17H2,1H3,(H,26,29)/t23-/m1/s1. The molecule has 1 atom stereocenters. The molecule has 2 aliphatic rings. The van der Waals surface area contributed by atoms with Crippen LogP contribution in [0.4, 0.5) is 5.69 Å². The van der Waals surface area contributed by atoms with Gasteiger partial charge in [-0.3, -0.25) is 9.59 Å². The van der Waals surface area contributed by atoms with E-state index in [1.807, 2.05) is 30.3 Å². The lowest BCUT2D eigenvalue weighted by Gasteiger charge is -2.38. The molecule has 5 heteroatoms. The fourth-order valence-corrected chi connectivity index (χ4v) is 4.60. The Morgan fingerprint density at radius 3 is 2.40 bits per heavy atom. The summed E-state index contributed by atoms with van der Waals surface area (Å²) in [6, 6.07) is 17.7. The van der Waals surface area contributed by atoms with E-state index in [2.05, 4.69) is 41.4 Å². The highest BCUT2D eigenvalue weighted by Crippen LogP contribution is 2.23. The lowest BCUT2D eigenvalue weighted by molar-refractivity contribution is -0.127. The Morgan fingerprint density at radius 1 is 0.900 bits per heavy atom. The van der Waals surface area contributed by atoms with Crippen LogP contribution in [-0.4, -0.2) is 48.4 Å². The minimum Gasteiger partial charge on any atom is -0.371 e. The van der Waals surface area contributed by atoms with Crippen LogP contribution < -0.4 is 10.2 Å². The van der Waals surface area contributed by atoms with Crippen molar-refractivity contribution in [2.75, 3.05) is 24.5 Å². The summed E-state index contributed by atoms with van der Waals surface area (Å²) in [4.78, 5) is 30.2. The predicted octanol–water partition coefficient (Wildman–Crippen LogP) is 3.77. The number of piperidine rings is 2. The number of likely N-dealkylation sites (tertiary alicyclic amines) is 1. The molecule has 0 spiro atoms. The summed E-state index contributed by atoms with van der Waals surface area (Å²) in [7, 11) is 0. The molecule has 2 saturated heterocycles. The van der Waals surface area contributed by atoms with Crippen molar-refractivity contribution in [3.05, 3.63) is 65.7 Å². The second-order valence-corrected chi connectivity index (χ2v) is 8.49. The zero-order chi connectivity index (χ0) is 20.9. The number of nitrogens with zero attached hydrogens (tertiary/aromatic N) is 2. The fraction of sp³-hybridized carbons (Fsp3) is 0.440. The molecule has 2 aromatic rings. The van der Waals surface area contributed by atoms with Crippen LogP contribution in [0.2, 0.25) is 0 Å². The third-order valence-electron chi connectivity index (χ3n) is 6.30. The van der Waals surface area contributed by atoms with Crippen molar-refractivity contribution in [2.45, 2.75) is 51.1 Å². The maximum Gasteiger partial charge on any atom is 0.254 e. The highest BCUT2D eigenvalue weighted by molar-refractivity contribution is 5.97. The SMILES string of the molecule is Cc1cccc(N2CCC(NC(=O)[C@H]3CCCCN3C(=O)c3ccccc3)CC2)c1. The van der Waals surface area contributed by atoms with Crippen molar-refractivity contribution in [1.29, 1.82) is 0 Å². The Balaban J connectivity index is 1.35.